The SMILES string of the molecule is CCC1C(C(=O)O)CCC2C1CCC1C(C)(C)C(=O)CCC21C. The highest BCUT2D eigenvalue weighted by Crippen LogP contribution is 2.64. The Balaban J connectivity index is 1.93. The molecular formula is C20H32O3. The zero-order chi connectivity index (χ0) is 17.0. The van der Waals surface area contributed by atoms with Crippen LogP contribution in [0, 0.1) is 40.4 Å². The molecule has 6 atom stereocenters. The first-order chi connectivity index (χ1) is 10.7. The zero-order valence-corrected chi connectivity index (χ0v) is 15.1. The summed E-state index contributed by atoms with van der Waals surface area (Å²) in [6, 6.07) is 0. The van der Waals surface area contributed by atoms with Gasteiger partial charge in [-0.1, -0.05) is 34.1 Å². The van der Waals surface area contributed by atoms with Gasteiger partial charge in [-0.2, -0.15) is 0 Å². The van der Waals surface area contributed by atoms with Gasteiger partial charge in [-0.25, -0.2) is 0 Å². The smallest absolute Gasteiger partial charge is 0.306 e. The van der Waals surface area contributed by atoms with E-state index >= 15 is 0 Å². The second kappa shape index (κ2) is 5.60. The number of aliphatic carboxylic acids is 1. The van der Waals surface area contributed by atoms with Crippen molar-refractivity contribution in [2.24, 2.45) is 40.4 Å². The van der Waals surface area contributed by atoms with Crippen molar-refractivity contribution in [2.75, 3.05) is 0 Å². The fourth-order valence-electron chi connectivity index (χ4n) is 6.90. The second-order valence-corrected chi connectivity index (χ2v) is 9.15. The van der Waals surface area contributed by atoms with Gasteiger partial charge in [-0.05, 0) is 61.2 Å². The maximum absolute atomic E-state index is 12.5. The minimum Gasteiger partial charge on any atom is -0.481 e. The number of carbonyl (C=O) groups excluding carboxylic acids is 1. The molecule has 0 aliphatic heterocycles. The predicted octanol–water partition coefficient (Wildman–Crippen LogP) is 4.55. The number of fused-ring (bicyclic) bond motifs is 3. The van der Waals surface area contributed by atoms with Crippen LogP contribution in [0.4, 0.5) is 0 Å². The summed E-state index contributed by atoms with van der Waals surface area (Å²) in [5, 5.41) is 9.60. The van der Waals surface area contributed by atoms with E-state index in [4.69, 9.17) is 0 Å². The number of Topliss-reactive ketones (excluding diaryl/α,β-unsaturated/α-hetero) is 1. The van der Waals surface area contributed by atoms with Gasteiger partial charge >= 0.3 is 5.97 Å². The molecule has 130 valence electrons. The van der Waals surface area contributed by atoms with Crippen molar-refractivity contribution >= 4 is 11.8 Å². The monoisotopic (exact) mass is 320 g/mol. The molecule has 0 saturated heterocycles. The molecule has 0 spiro atoms. The first-order valence-electron chi connectivity index (χ1n) is 9.49. The van der Waals surface area contributed by atoms with Gasteiger partial charge in [0.05, 0.1) is 5.92 Å². The number of carbonyl (C=O) groups is 2. The molecule has 0 bridgehead atoms. The minimum absolute atomic E-state index is 0.153. The fourth-order valence-corrected chi connectivity index (χ4v) is 6.90. The summed E-state index contributed by atoms with van der Waals surface area (Å²) in [7, 11) is 0. The normalized spacial score (nSPS) is 45.9. The predicted molar refractivity (Wildman–Crippen MR) is 90.0 cm³/mol. The molecule has 3 aliphatic carbocycles. The van der Waals surface area contributed by atoms with Crippen molar-refractivity contribution < 1.29 is 14.7 Å². The molecule has 3 rings (SSSR count). The van der Waals surface area contributed by atoms with Crippen LogP contribution in [0.1, 0.15) is 72.6 Å². The molecule has 1 N–H and O–H groups in total. The number of rotatable bonds is 2. The van der Waals surface area contributed by atoms with E-state index in [1.165, 1.54) is 0 Å². The Morgan fingerprint density at radius 2 is 1.87 bits per heavy atom. The summed E-state index contributed by atoms with van der Waals surface area (Å²) in [6.45, 7) is 8.87. The average Bonchev–Trinajstić information content (AvgIpc) is 2.50. The van der Waals surface area contributed by atoms with E-state index in [-0.39, 0.29) is 16.7 Å². The van der Waals surface area contributed by atoms with Gasteiger partial charge in [0.25, 0.3) is 0 Å². The van der Waals surface area contributed by atoms with Crippen molar-refractivity contribution in [2.45, 2.75) is 72.6 Å². The lowest BCUT2D eigenvalue weighted by Crippen LogP contribution is -2.57. The van der Waals surface area contributed by atoms with Gasteiger partial charge in [0.15, 0.2) is 0 Å². The fraction of sp³-hybridized carbons (Fsp3) is 0.900. The Morgan fingerprint density at radius 1 is 1.17 bits per heavy atom. The van der Waals surface area contributed by atoms with E-state index < -0.39 is 5.97 Å². The molecule has 3 saturated carbocycles. The number of carboxylic acids is 1. The van der Waals surface area contributed by atoms with E-state index in [9.17, 15) is 14.7 Å². The molecule has 6 unspecified atom stereocenters. The third-order valence-corrected chi connectivity index (χ3v) is 8.07. The van der Waals surface area contributed by atoms with Crippen LogP contribution in [-0.2, 0) is 9.59 Å². The topological polar surface area (TPSA) is 54.4 Å². The van der Waals surface area contributed by atoms with Crippen molar-refractivity contribution in [1.82, 2.24) is 0 Å². The molecule has 3 aliphatic rings. The van der Waals surface area contributed by atoms with Crippen LogP contribution in [0.3, 0.4) is 0 Å². The molecule has 3 nitrogen and oxygen atoms in total. The summed E-state index contributed by atoms with van der Waals surface area (Å²) >= 11 is 0. The van der Waals surface area contributed by atoms with Crippen molar-refractivity contribution in [3.05, 3.63) is 0 Å². The number of carboxylic acid groups (broad SMARTS) is 1. The van der Waals surface area contributed by atoms with Gasteiger partial charge in [0.1, 0.15) is 5.78 Å². The van der Waals surface area contributed by atoms with Gasteiger partial charge in [0, 0.05) is 11.8 Å². The van der Waals surface area contributed by atoms with E-state index in [2.05, 4.69) is 27.7 Å². The van der Waals surface area contributed by atoms with Crippen LogP contribution >= 0.6 is 0 Å². The molecule has 0 amide bonds. The minimum atomic E-state index is -0.596. The quantitative estimate of drug-likeness (QED) is 0.812. The molecular weight excluding hydrogens is 288 g/mol. The Kier molecular flexibility index (Phi) is 4.13. The summed E-state index contributed by atoms with van der Waals surface area (Å²) in [5.41, 5.74) is 0.0144. The molecule has 3 heteroatoms. The maximum Gasteiger partial charge on any atom is 0.306 e. The lowest BCUT2D eigenvalue weighted by Gasteiger charge is -2.61. The Labute approximate surface area is 140 Å². The Hall–Kier alpha value is -0.860. The van der Waals surface area contributed by atoms with Crippen LogP contribution in [0.15, 0.2) is 0 Å². The Bertz CT molecular complexity index is 509. The summed E-state index contributed by atoms with van der Waals surface area (Å²) in [6.07, 6.45) is 6.77. The molecule has 0 aromatic rings. The first kappa shape index (κ1) is 17.0. The molecule has 0 radical (unpaired) electrons. The highest BCUT2D eigenvalue weighted by Gasteiger charge is 2.59. The maximum atomic E-state index is 12.5. The molecule has 3 fully saturated rings. The third-order valence-electron chi connectivity index (χ3n) is 8.07. The van der Waals surface area contributed by atoms with Crippen LogP contribution < -0.4 is 0 Å². The highest BCUT2D eigenvalue weighted by atomic mass is 16.4. The van der Waals surface area contributed by atoms with E-state index in [1.54, 1.807) is 0 Å². The Morgan fingerprint density at radius 3 is 2.48 bits per heavy atom. The van der Waals surface area contributed by atoms with Crippen molar-refractivity contribution in [3.63, 3.8) is 0 Å². The second-order valence-electron chi connectivity index (χ2n) is 9.15. The van der Waals surface area contributed by atoms with Gasteiger partial charge in [-0.3, -0.25) is 9.59 Å². The van der Waals surface area contributed by atoms with E-state index in [1.807, 2.05) is 0 Å². The summed E-state index contributed by atoms with van der Waals surface area (Å²) in [4.78, 5) is 24.1. The van der Waals surface area contributed by atoms with Gasteiger partial charge in [0.2, 0.25) is 0 Å². The number of ketones is 1. The third kappa shape index (κ3) is 2.37. The number of hydrogen-bond donors (Lipinski definition) is 1. The molecule has 0 aromatic heterocycles. The molecule has 0 aromatic carbocycles. The van der Waals surface area contributed by atoms with Crippen LogP contribution in [0.2, 0.25) is 0 Å². The lowest BCUT2D eigenvalue weighted by atomic mass is 9.42. The van der Waals surface area contributed by atoms with E-state index in [0.29, 0.717) is 35.9 Å². The van der Waals surface area contributed by atoms with Gasteiger partial charge < -0.3 is 5.11 Å². The zero-order valence-electron chi connectivity index (χ0n) is 15.1. The molecule has 0 heterocycles. The van der Waals surface area contributed by atoms with Crippen LogP contribution in [-0.4, -0.2) is 16.9 Å². The van der Waals surface area contributed by atoms with Crippen LogP contribution in [0.5, 0.6) is 0 Å². The largest absolute Gasteiger partial charge is 0.481 e. The summed E-state index contributed by atoms with van der Waals surface area (Å²) in [5.74, 6) is 1.63. The standard InChI is InChI=1S/C20H32O3/c1-5-12-13-7-9-16-19(2,3)17(21)10-11-20(16,4)15(13)8-6-14(12)18(22)23/h12-16H,5-11H2,1-4H3,(H,22,23). The van der Waals surface area contributed by atoms with Crippen LogP contribution in [0.25, 0.3) is 0 Å². The highest BCUT2D eigenvalue weighted by molar-refractivity contribution is 5.85. The number of hydrogen-bond acceptors (Lipinski definition) is 2. The average molecular weight is 320 g/mol. The summed E-state index contributed by atoms with van der Waals surface area (Å²) < 4.78 is 0. The lowest BCUT2D eigenvalue weighted by molar-refractivity contribution is -0.166. The van der Waals surface area contributed by atoms with Crippen molar-refractivity contribution in [1.29, 1.82) is 0 Å². The first-order valence-corrected chi connectivity index (χ1v) is 9.49. The van der Waals surface area contributed by atoms with Crippen molar-refractivity contribution in [3.8, 4) is 0 Å². The van der Waals surface area contributed by atoms with Gasteiger partial charge in [-0.15, -0.1) is 0 Å². The molecule has 23 heavy (non-hydrogen) atoms. The van der Waals surface area contributed by atoms with E-state index in [0.717, 1.165) is 38.5 Å².